The van der Waals surface area contributed by atoms with Crippen molar-refractivity contribution >= 4 is 29.6 Å². The number of para-hydroxylation sites is 2. The van der Waals surface area contributed by atoms with Crippen molar-refractivity contribution in [1.29, 1.82) is 0 Å². The van der Waals surface area contributed by atoms with Crippen LogP contribution >= 0.6 is 0 Å². The smallest absolute Gasteiger partial charge is 0.361 e. The number of carbonyl (C=O) groups excluding carboxylic acids is 4. The van der Waals surface area contributed by atoms with E-state index < -0.39 is 35.0 Å². The largest absolute Gasteiger partial charge is 0.466 e. The first-order valence-corrected chi connectivity index (χ1v) is 7.22. The van der Waals surface area contributed by atoms with Crippen molar-refractivity contribution in [3.05, 3.63) is 47.2 Å². The van der Waals surface area contributed by atoms with Crippen molar-refractivity contribution in [2.45, 2.75) is 0 Å². The van der Waals surface area contributed by atoms with Gasteiger partial charge in [0.25, 0.3) is 0 Å². The van der Waals surface area contributed by atoms with Crippen molar-refractivity contribution in [2.24, 2.45) is 0 Å². The molecule has 136 valence electrons. The summed E-state index contributed by atoms with van der Waals surface area (Å²) in [6.07, 6.45) is 0.723. The number of esters is 4. The van der Waals surface area contributed by atoms with E-state index in [1.54, 1.807) is 24.3 Å². The number of fused-ring (bicyclic) bond motifs is 1. The molecule has 0 fully saturated rings. The van der Waals surface area contributed by atoms with E-state index in [0.717, 1.165) is 27.4 Å². The predicted octanol–water partition coefficient (Wildman–Crippen LogP) is 0.717. The van der Waals surface area contributed by atoms with Gasteiger partial charge in [-0.3, -0.25) is 0 Å². The minimum atomic E-state index is -1.05. The molecule has 0 bridgehead atoms. The van der Waals surface area contributed by atoms with E-state index in [4.69, 9.17) is 4.74 Å². The Kier molecular flexibility index (Phi) is 5.74. The summed E-state index contributed by atoms with van der Waals surface area (Å²) < 4.78 is 18.9. The van der Waals surface area contributed by atoms with E-state index in [1.165, 1.54) is 0 Å². The van der Waals surface area contributed by atoms with Crippen LogP contribution in [0.5, 0.6) is 5.75 Å². The number of anilines is 1. The van der Waals surface area contributed by atoms with Crippen LogP contribution in [-0.2, 0) is 33.4 Å². The summed E-state index contributed by atoms with van der Waals surface area (Å²) in [4.78, 5) is 48.3. The van der Waals surface area contributed by atoms with Crippen molar-refractivity contribution in [3.63, 3.8) is 0 Å². The Morgan fingerprint density at radius 1 is 1.00 bits per heavy atom. The molecule has 0 aliphatic carbocycles. The maximum atomic E-state index is 12.3. The zero-order valence-electron chi connectivity index (χ0n) is 14.2. The van der Waals surface area contributed by atoms with Crippen LogP contribution in [0.25, 0.3) is 0 Å². The van der Waals surface area contributed by atoms with E-state index >= 15 is 0 Å². The van der Waals surface area contributed by atoms with E-state index in [1.807, 2.05) is 0 Å². The minimum absolute atomic E-state index is 0.238. The van der Waals surface area contributed by atoms with E-state index in [2.05, 4.69) is 19.5 Å². The van der Waals surface area contributed by atoms with E-state index in [-0.39, 0.29) is 11.4 Å². The Labute approximate surface area is 148 Å². The molecule has 0 aromatic heterocycles. The number of hydrogen-bond acceptors (Lipinski definition) is 9. The normalized spacial score (nSPS) is 15.0. The Morgan fingerprint density at radius 3 is 2.27 bits per heavy atom. The minimum Gasteiger partial charge on any atom is -0.466 e. The van der Waals surface area contributed by atoms with Gasteiger partial charge in [0.15, 0.2) is 5.75 Å². The van der Waals surface area contributed by atoms with Gasteiger partial charge in [-0.1, -0.05) is 12.1 Å². The molecule has 1 aromatic rings. The summed E-state index contributed by atoms with van der Waals surface area (Å²) in [6, 6.07) is 6.46. The van der Waals surface area contributed by atoms with Gasteiger partial charge in [-0.05, 0) is 12.1 Å². The summed E-state index contributed by atoms with van der Waals surface area (Å²) in [5.41, 5.74) is -1.05. The van der Waals surface area contributed by atoms with E-state index in [0.29, 0.717) is 5.69 Å². The van der Waals surface area contributed by atoms with Gasteiger partial charge in [0.2, 0.25) is 0 Å². The first-order valence-electron chi connectivity index (χ1n) is 7.22. The number of ether oxygens (including phenoxy) is 4. The summed E-state index contributed by atoms with van der Waals surface area (Å²) in [6.45, 7) is 0. The molecule has 0 saturated carbocycles. The Bertz CT molecular complexity index is 837. The van der Waals surface area contributed by atoms with Crippen LogP contribution in [0.2, 0.25) is 0 Å². The third-order valence-electron chi connectivity index (χ3n) is 3.33. The zero-order valence-corrected chi connectivity index (χ0v) is 14.2. The molecule has 0 amide bonds. The molecule has 9 nitrogen and oxygen atoms in total. The second-order valence-electron chi connectivity index (χ2n) is 4.83. The second-order valence-corrected chi connectivity index (χ2v) is 4.83. The van der Waals surface area contributed by atoms with Crippen molar-refractivity contribution in [2.75, 3.05) is 26.6 Å². The molecule has 0 atom stereocenters. The average molecular weight is 361 g/mol. The third kappa shape index (κ3) is 3.72. The SMILES string of the molecule is COC(=O)/C=C(C(=O)OC)\C(C(=O)OC)=C1\Nc2ccccc2OC1=O. The number of benzene rings is 1. The molecular formula is C17H15NO8. The summed E-state index contributed by atoms with van der Waals surface area (Å²) in [7, 11) is 3.19. The Hall–Kier alpha value is -3.62. The maximum Gasteiger partial charge on any atom is 0.361 e. The highest BCUT2D eigenvalue weighted by molar-refractivity contribution is 6.15. The molecule has 1 aromatic carbocycles. The van der Waals surface area contributed by atoms with Crippen LogP contribution in [0.1, 0.15) is 0 Å². The van der Waals surface area contributed by atoms with Crippen molar-refractivity contribution < 1.29 is 38.1 Å². The standard InChI is InChI=1S/C17H15NO8/c1-23-12(19)8-9(15(20)24-2)13(16(21)25-3)14-17(22)26-11-7-5-4-6-10(11)18-14/h4-8,18H,1-3H3/b9-8+,14-13-. The molecule has 1 heterocycles. The topological polar surface area (TPSA) is 117 Å². The van der Waals surface area contributed by atoms with E-state index in [9.17, 15) is 19.2 Å². The molecule has 1 N–H and O–H groups in total. The first-order chi connectivity index (χ1) is 12.4. The number of hydrogen-bond donors (Lipinski definition) is 1. The zero-order chi connectivity index (χ0) is 19.3. The lowest BCUT2D eigenvalue weighted by atomic mass is 10.0. The summed E-state index contributed by atoms with van der Waals surface area (Å²) >= 11 is 0. The van der Waals surface area contributed by atoms with Gasteiger partial charge in [-0.25, -0.2) is 19.2 Å². The highest BCUT2D eigenvalue weighted by Crippen LogP contribution is 2.32. The lowest BCUT2D eigenvalue weighted by molar-refractivity contribution is -0.140. The van der Waals surface area contributed by atoms with Crippen LogP contribution < -0.4 is 10.1 Å². The van der Waals surface area contributed by atoms with Crippen LogP contribution in [0.3, 0.4) is 0 Å². The molecule has 0 radical (unpaired) electrons. The van der Waals surface area contributed by atoms with Crippen LogP contribution in [0.4, 0.5) is 5.69 Å². The molecular weight excluding hydrogens is 346 g/mol. The van der Waals surface area contributed by atoms with Crippen LogP contribution in [0.15, 0.2) is 47.2 Å². The third-order valence-corrected chi connectivity index (χ3v) is 3.33. The van der Waals surface area contributed by atoms with Crippen LogP contribution in [-0.4, -0.2) is 45.2 Å². The second kappa shape index (κ2) is 7.97. The van der Waals surface area contributed by atoms with Gasteiger partial charge < -0.3 is 24.3 Å². The molecule has 2 rings (SSSR count). The number of nitrogens with one attached hydrogen (secondary N) is 1. The monoisotopic (exact) mass is 361 g/mol. The first kappa shape index (κ1) is 18.7. The van der Waals surface area contributed by atoms with Gasteiger partial charge in [0.1, 0.15) is 11.3 Å². The Balaban J connectivity index is 2.69. The van der Waals surface area contributed by atoms with Gasteiger partial charge in [-0.15, -0.1) is 0 Å². The van der Waals surface area contributed by atoms with Crippen molar-refractivity contribution in [1.82, 2.24) is 0 Å². The number of rotatable bonds is 4. The number of carbonyl (C=O) groups is 4. The van der Waals surface area contributed by atoms with Crippen LogP contribution in [0, 0.1) is 0 Å². The fourth-order valence-electron chi connectivity index (χ4n) is 2.13. The van der Waals surface area contributed by atoms with Gasteiger partial charge in [0, 0.05) is 6.08 Å². The molecule has 1 aliphatic heterocycles. The lowest BCUT2D eigenvalue weighted by Crippen LogP contribution is -2.29. The molecule has 26 heavy (non-hydrogen) atoms. The fraction of sp³-hybridized carbons (Fsp3) is 0.176. The summed E-state index contributed by atoms with van der Waals surface area (Å²) in [5, 5.41) is 2.72. The maximum absolute atomic E-state index is 12.3. The molecule has 9 heteroatoms. The van der Waals surface area contributed by atoms with Gasteiger partial charge in [0.05, 0.1) is 32.6 Å². The fourth-order valence-corrected chi connectivity index (χ4v) is 2.13. The van der Waals surface area contributed by atoms with Gasteiger partial charge >= 0.3 is 23.9 Å². The highest BCUT2D eigenvalue weighted by Gasteiger charge is 2.34. The number of methoxy groups -OCH3 is 3. The molecule has 0 saturated heterocycles. The highest BCUT2D eigenvalue weighted by atomic mass is 16.5. The molecule has 1 aliphatic rings. The quantitative estimate of drug-likeness (QED) is 0.358. The Morgan fingerprint density at radius 2 is 1.65 bits per heavy atom. The predicted molar refractivity (Wildman–Crippen MR) is 86.9 cm³/mol. The average Bonchev–Trinajstić information content (AvgIpc) is 2.66. The lowest BCUT2D eigenvalue weighted by Gasteiger charge is -2.22. The van der Waals surface area contributed by atoms with Crippen molar-refractivity contribution in [3.8, 4) is 5.75 Å². The molecule has 0 unspecified atom stereocenters. The van der Waals surface area contributed by atoms with Gasteiger partial charge in [-0.2, -0.15) is 0 Å². The summed E-state index contributed by atoms with van der Waals surface area (Å²) in [5.74, 6) is -3.73. The molecule has 0 spiro atoms.